The molecule has 0 radical (unpaired) electrons. The molecular formula is C17H27NO2. The molecular weight excluding hydrogens is 250 g/mol. The first kappa shape index (κ1) is 15.3. The van der Waals surface area contributed by atoms with E-state index in [4.69, 9.17) is 4.74 Å². The van der Waals surface area contributed by atoms with Gasteiger partial charge in [0, 0.05) is 13.1 Å². The maximum absolute atomic E-state index is 10.1. The standard InChI is InChI=1S/C17H27NO2/c1-13(14-7-9-16(20-2)10-8-14)11-18-12-17(19)15-5-3-4-6-15/h7-10,13,15,17-19H,3-6,11-12H2,1-2H3. The van der Waals surface area contributed by atoms with Crippen LogP contribution >= 0.6 is 0 Å². The summed E-state index contributed by atoms with van der Waals surface area (Å²) >= 11 is 0. The fraction of sp³-hybridized carbons (Fsp3) is 0.647. The van der Waals surface area contributed by atoms with Crippen molar-refractivity contribution in [3.63, 3.8) is 0 Å². The molecule has 0 aliphatic heterocycles. The Hall–Kier alpha value is -1.06. The van der Waals surface area contributed by atoms with Crippen LogP contribution in [0.5, 0.6) is 5.75 Å². The van der Waals surface area contributed by atoms with Crippen molar-refractivity contribution in [2.45, 2.75) is 44.6 Å². The molecule has 0 spiro atoms. The minimum atomic E-state index is -0.180. The van der Waals surface area contributed by atoms with E-state index in [9.17, 15) is 5.11 Å². The molecule has 2 rings (SSSR count). The highest BCUT2D eigenvalue weighted by Gasteiger charge is 2.22. The summed E-state index contributed by atoms with van der Waals surface area (Å²) in [6.45, 7) is 3.82. The molecule has 1 saturated carbocycles. The molecule has 20 heavy (non-hydrogen) atoms. The summed E-state index contributed by atoms with van der Waals surface area (Å²) in [5.74, 6) is 1.85. The molecule has 0 aromatic heterocycles. The number of hydrogen-bond acceptors (Lipinski definition) is 3. The van der Waals surface area contributed by atoms with Gasteiger partial charge in [-0.3, -0.25) is 0 Å². The van der Waals surface area contributed by atoms with Crippen molar-refractivity contribution in [2.24, 2.45) is 5.92 Å². The highest BCUT2D eigenvalue weighted by atomic mass is 16.5. The van der Waals surface area contributed by atoms with Gasteiger partial charge in [-0.1, -0.05) is 31.9 Å². The van der Waals surface area contributed by atoms with Crippen molar-refractivity contribution in [1.82, 2.24) is 5.32 Å². The van der Waals surface area contributed by atoms with Gasteiger partial charge >= 0.3 is 0 Å². The first-order valence-electron chi connectivity index (χ1n) is 7.73. The Morgan fingerprint density at radius 2 is 1.85 bits per heavy atom. The maximum atomic E-state index is 10.1. The van der Waals surface area contributed by atoms with Crippen molar-refractivity contribution in [3.05, 3.63) is 29.8 Å². The highest BCUT2D eigenvalue weighted by Crippen LogP contribution is 2.27. The third-order valence-electron chi connectivity index (χ3n) is 4.43. The van der Waals surface area contributed by atoms with E-state index in [-0.39, 0.29) is 6.10 Å². The second-order valence-corrected chi connectivity index (χ2v) is 5.94. The van der Waals surface area contributed by atoms with Crippen LogP contribution in [0, 0.1) is 5.92 Å². The van der Waals surface area contributed by atoms with Gasteiger partial charge in [-0.15, -0.1) is 0 Å². The lowest BCUT2D eigenvalue weighted by molar-refractivity contribution is 0.109. The van der Waals surface area contributed by atoms with Crippen LogP contribution in [0.1, 0.15) is 44.1 Å². The molecule has 1 aliphatic carbocycles. The predicted molar refractivity (Wildman–Crippen MR) is 82.2 cm³/mol. The number of hydrogen-bond donors (Lipinski definition) is 2. The minimum absolute atomic E-state index is 0.180. The molecule has 3 heteroatoms. The first-order chi connectivity index (χ1) is 9.70. The van der Waals surface area contributed by atoms with Crippen LogP contribution < -0.4 is 10.1 Å². The molecule has 112 valence electrons. The topological polar surface area (TPSA) is 41.5 Å². The molecule has 0 bridgehead atoms. The number of rotatable bonds is 7. The van der Waals surface area contributed by atoms with Crippen LogP contribution in [-0.2, 0) is 0 Å². The summed E-state index contributed by atoms with van der Waals surface area (Å²) in [5.41, 5.74) is 1.30. The minimum Gasteiger partial charge on any atom is -0.497 e. The van der Waals surface area contributed by atoms with Crippen LogP contribution in [0.2, 0.25) is 0 Å². The van der Waals surface area contributed by atoms with Crippen LogP contribution in [0.25, 0.3) is 0 Å². The Morgan fingerprint density at radius 3 is 2.45 bits per heavy atom. The quantitative estimate of drug-likeness (QED) is 0.805. The summed E-state index contributed by atoms with van der Waals surface area (Å²) in [6.07, 6.45) is 4.77. The van der Waals surface area contributed by atoms with E-state index < -0.39 is 0 Å². The molecule has 1 aromatic carbocycles. The second kappa shape index (κ2) is 7.65. The van der Waals surface area contributed by atoms with Gasteiger partial charge in [0.2, 0.25) is 0 Å². The SMILES string of the molecule is COc1ccc(C(C)CNCC(O)C2CCCC2)cc1. The predicted octanol–water partition coefficient (Wildman–Crippen LogP) is 2.94. The number of ether oxygens (including phenoxy) is 1. The molecule has 3 nitrogen and oxygen atoms in total. The van der Waals surface area contributed by atoms with Gasteiger partial charge in [0.25, 0.3) is 0 Å². The number of aliphatic hydroxyl groups is 1. The summed E-state index contributed by atoms with van der Waals surface area (Å²) in [7, 11) is 1.68. The van der Waals surface area contributed by atoms with Gasteiger partial charge in [-0.05, 0) is 42.4 Å². The summed E-state index contributed by atoms with van der Waals surface area (Å²) in [4.78, 5) is 0. The lowest BCUT2D eigenvalue weighted by Crippen LogP contribution is -2.33. The van der Waals surface area contributed by atoms with E-state index in [2.05, 4.69) is 24.4 Å². The second-order valence-electron chi connectivity index (χ2n) is 5.94. The zero-order chi connectivity index (χ0) is 14.4. The van der Waals surface area contributed by atoms with Gasteiger partial charge in [-0.25, -0.2) is 0 Å². The third kappa shape index (κ3) is 4.22. The van der Waals surface area contributed by atoms with E-state index in [1.165, 1.54) is 31.2 Å². The normalized spacial score (nSPS) is 18.9. The van der Waals surface area contributed by atoms with Gasteiger partial charge < -0.3 is 15.2 Å². The monoisotopic (exact) mass is 277 g/mol. The molecule has 1 aliphatic rings. The third-order valence-corrected chi connectivity index (χ3v) is 4.43. The number of aliphatic hydroxyl groups excluding tert-OH is 1. The van der Waals surface area contributed by atoms with E-state index in [1.807, 2.05) is 12.1 Å². The zero-order valence-corrected chi connectivity index (χ0v) is 12.6. The number of nitrogens with one attached hydrogen (secondary N) is 1. The fourth-order valence-electron chi connectivity index (χ4n) is 3.01. The van der Waals surface area contributed by atoms with Crippen molar-refractivity contribution < 1.29 is 9.84 Å². The lowest BCUT2D eigenvalue weighted by Gasteiger charge is -2.20. The van der Waals surface area contributed by atoms with Gasteiger partial charge in [0.05, 0.1) is 13.2 Å². The van der Waals surface area contributed by atoms with Crippen molar-refractivity contribution >= 4 is 0 Å². The van der Waals surface area contributed by atoms with Crippen LogP contribution in [0.4, 0.5) is 0 Å². The Labute approximate surface area is 122 Å². The van der Waals surface area contributed by atoms with Crippen molar-refractivity contribution in [1.29, 1.82) is 0 Å². The van der Waals surface area contributed by atoms with E-state index in [0.717, 1.165) is 12.3 Å². The Kier molecular flexibility index (Phi) is 5.86. The first-order valence-corrected chi connectivity index (χ1v) is 7.73. The molecule has 0 amide bonds. The molecule has 1 aromatic rings. The van der Waals surface area contributed by atoms with Gasteiger partial charge in [-0.2, -0.15) is 0 Å². The van der Waals surface area contributed by atoms with Crippen LogP contribution in [-0.4, -0.2) is 31.4 Å². The molecule has 2 atom stereocenters. The van der Waals surface area contributed by atoms with Crippen LogP contribution in [0.3, 0.4) is 0 Å². The molecule has 1 fully saturated rings. The van der Waals surface area contributed by atoms with Crippen LogP contribution in [0.15, 0.2) is 24.3 Å². The van der Waals surface area contributed by atoms with E-state index >= 15 is 0 Å². The maximum Gasteiger partial charge on any atom is 0.118 e. The van der Waals surface area contributed by atoms with Crippen molar-refractivity contribution in [2.75, 3.05) is 20.2 Å². The number of benzene rings is 1. The Morgan fingerprint density at radius 1 is 1.20 bits per heavy atom. The number of methoxy groups -OCH3 is 1. The van der Waals surface area contributed by atoms with Gasteiger partial charge in [0.15, 0.2) is 0 Å². The highest BCUT2D eigenvalue weighted by molar-refractivity contribution is 5.29. The molecule has 2 N–H and O–H groups in total. The molecule has 0 saturated heterocycles. The average Bonchev–Trinajstić information content (AvgIpc) is 3.01. The van der Waals surface area contributed by atoms with Crippen molar-refractivity contribution in [3.8, 4) is 5.75 Å². The Bertz CT molecular complexity index is 384. The zero-order valence-electron chi connectivity index (χ0n) is 12.6. The summed E-state index contributed by atoms with van der Waals surface area (Å²) < 4.78 is 5.17. The smallest absolute Gasteiger partial charge is 0.118 e. The Balaban J connectivity index is 1.72. The average molecular weight is 277 g/mol. The van der Waals surface area contributed by atoms with E-state index in [1.54, 1.807) is 7.11 Å². The van der Waals surface area contributed by atoms with E-state index in [0.29, 0.717) is 18.4 Å². The lowest BCUT2D eigenvalue weighted by atomic mass is 9.99. The summed E-state index contributed by atoms with van der Waals surface area (Å²) in [5, 5.41) is 13.5. The fourth-order valence-corrected chi connectivity index (χ4v) is 3.01. The molecule has 0 heterocycles. The molecule has 2 unspecified atom stereocenters. The van der Waals surface area contributed by atoms with Gasteiger partial charge in [0.1, 0.15) is 5.75 Å². The largest absolute Gasteiger partial charge is 0.497 e. The summed E-state index contributed by atoms with van der Waals surface area (Å²) in [6, 6.07) is 8.22.